The molecular formula is C21H28N4O2. The quantitative estimate of drug-likeness (QED) is 0.662. The predicted molar refractivity (Wildman–Crippen MR) is 106 cm³/mol. The fourth-order valence-corrected chi connectivity index (χ4v) is 3.17. The van der Waals surface area contributed by atoms with Gasteiger partial charge in [0, 0.05) is 6.54 Å². The molecular weight excluding hydrogens is 340 g/mol. The van der Waals surface area contributed by atoms with Crippen LogP contribution in [0, 0.1) is 0 Å². The molecule has 2 aromatic rings. The minimum atomic E-state index is -0.275. The van der Waals surface area contributed by atoms with Crippen LogP contribution in [-0.2, 0) is 4.79 Å². The third-order valence-electron chi connectivity index (χ3n) is 4.56. The van der Waals surface area contributed by atoms with Gasteiger partial charge in [0.1, 0.15) is 18.4 Å². The lowest BCUT2D eigenvalue weighted by Gasteiger charge is -2.24. The van der Waals surface area contributed by atoms with Crippen LogP contribution in [0.4, 0.5) is 0 Å². The van der Waals surface area contributed by atoms with E-state index in [1.165, 1.54) is 0 Å². The molecule has 6 nitrogen and oxygen atoms in total. The Labute approximate surface area is 160 Å². The second-order valence-corrected chi connectivity index (χ2v) is 7.13. The normalized spacial score (nSPS) is 20.4. The first kappa shape index (κ1) is 19.4. The van der Waals surface area contributed by atoms with Gasteiger partial charge in [-0.05, 0) is 38.2 Å². The molecule has 0 aromatic heterocycles. The maximum atomic E-state index is 12.8. The van der Waals surface area contributed by atoms with E-state index in [4.69, 9.17) is 4.74 Å². The van der Waals surface area contributed by atoms with Gasteiger partial charge in [-0.15, -0.1) is 0 Å². The summed E-state index contributed by atoms with van der Waals surface area (Å²) in [6.07, 6.45) is 0.683. The van der Waals surface area contributed by atoms with E-state index in [0.29, 0.717) is 13.0 Å². The summed E-state index contributed by atoms with van der Waals surface area (Å²) < 4.78 is 5.78. The fourth-order valence-electron chi connectivity index (χ4n) is 3.17. The highest BCUT2D eigenvalue weighted by Gasteiger charge is 2.31. The van der Waals surface area contributed by atoms with Crippen LogP contribution in [-0.4, -0.2) is 50.1 Å². The van der Waals surface area contributed by atoms with Gasteiger partial charge in [0.25, 0.3) is 0 Å². The number of likely N-dealkylation sites (N-methyl/N-ethyl adjacent to an activating group) is 1. The molecule has 0 radical (unpaired) electrons. The van der Waals surface area contributed by atoms with Crippen molar-refractivity contribution in [3.05, 3.63) is 66.2 Å². The smallest absolute Gasteiger partial charge is 0.239 e. The SMILES string of the molecule is CN(C)CC(NC(=O)C1CC(COc2ccccc2)NN1)c1ccccc1. The number of nitrogens with zero attached hydrogens (tertiary/aromatic N) is 1. The van der Waals surface area contributed by atoms with Crippen molar-refractivity contribution in [3.8, 4) is 5.75 Å². The molecule has 1 aliphatic heterocycles. The van der Waals surface area contributed by atoms with Crippen LogP contribution < -0.4 is 20.9 Å². The molecule has 6 heteroatoms. The van der Waals surface area contributed by atoms with Crippen LogP contribution in [0.2, 0.25) is 0 Å². The maximum Gasteiger partial charge on any atom is 0.239 e. The highest BCUT2D eigenvalue weighted by Crippen LogP contribution is 2.16. The van der Waals surface area contributed by atoms with Gasteiger partial charge in [-0.25, -0.2) is 5.43 Å². The van der Waals surface area contributed by atoms with Gasteiger partial charge in [0.05, 0.1) is 12.1 Å². The van der Waals surface area contributed by atoms with Crippen LogP contribution in [0.5, 0.6) is 5.75 Å². The summed E-state index contributed by atoms with van der Waals surface area (Å²) in [5.74, 6) is 0.836. The number of benzene rings is 2. The monoisotopic (exact) mass is 368 g/mol. The predicted octanol–water partition coefficient (Wildman–Crippen LogP) is 1.72. The zero-order chi connectivity index (χ0) is 19.1. The summed E-state index contributed by atoms with van der Waals surface area (Å²) in [4.78, 5) is 14.8. The molecule has 1 fully saturated rings. The average molecular weight is 368 g/mol. The van der Waals surface area contributed by atoms with Crippen LogP contribution in [0.1, 0.15) is 18.0 Å². The van der Waals surface area contributed by atoms with Crippen LogP contribution in [0.25, 0.3) is 0 Å². The molecule has 144 valence electrons. The molecule has 3 atom stereocenters. The molecule has 0 aliphatic carbocycles. The van der Waals surface area contributed by atoms with E-state index in [0.717, 1.165) is 17.9 Å². The van der Waals surface area contributed by atoms with Gasteiger partial charge >= 0.3 is 0 Å². The zero-order valence-corrected chi connectivity index (χ0v) is 15.9. The summed E-state index contributed by atoms with van der Waals surface area (Å²) in [6, 6.07) is 19.5. The maximum absolute atomic E-state index is 12.8. The first-order valence-electron chi connectivity index (χ1n) is 9.31. The zero-order valence-electron chi connectivity index (χ0n) is 15.9. The van der Waals surface area contributed by atoms with Crippen molar-refractivity contribution < 1.29 is 9.53 Å². The molecule has 2 aromatic carbocycles. The lowest BCUT2D eigenvalue weighted by atomic mass is 10.0. The summed E-state index contributed by atoms with van der Waals surface area (Å²) in [5, 5.41) is 3.18. The summed E-state index contributed by atoms with van der Waals surface area (Å²) in [5.41, 5.74) is 7.37. The number of carbonyl (C=O) groups is 1. The van der Waals surface area contributed by atoms with E-state index < -0.39 is 0 Å². The van der Waals surface area contributed by atoms with Crippen molar-refractivity contribution in [2.45, 2.75) is 24.5 Å². The minimum absolute atomic E-state index is 0.000383. The van der Waals surface area contributed by atoms with Crippen LogP contribution in [0.3, 0.4) is 0 Å². The lowest BCUT2D eigenvalue weighted by Crippen LogP contribution is -2.46. The number of hydrazine groups is 1. The molecule has 3 unspecified atom stereocenters. The van der Waals surface area contributed by atoms with Gasteiger partial charge in [0.15, 0.2) is 0 Å². The van der Waals surface area contributed by atoms with Crippen molar-refractivity contribution in [3.63, 3.8) is 0 Å². The van der Waals surface area contributed by atoms with Gasteiger partial charge in [-0.1, -0.05) is 48.5 Å². The molecule has 1 heterocycles. The second-order valence-electron chi connectivity index (χ2n) is 7.13. The summed E-state index contributed by atoms with van der Waals surface area (Å²) in [6.45, 7) is 1.26. The molecule has 0 spiro atoms. The number of carbonyl (C=O) groups excluding carboxylic acids is 1. The molecule has 27 heavy (non-hydrogen) atoms. The van der Waals surface area contributed by atoms with Crippen LogP contribution in [0.15, 0.2) is 60.7 Å². The lowest BCUT2D eigenvalue weighted by molar-refractivity contribution is -0.123. The fraction of sp³-hybridized carbons (Fsp3) is 0.381. The number of rotatable bonds is 8. The summed E-state index contributed by atoms with van der Waals surface area (Å²) in [7, 11) is 4.02. The molecule has 0 bridgehead atoms. The largest absolute Gasteiger partial charge is 0.492 e. The molecule has 1 saturated heterocycles. The first-order valence-corrected chi connectivity index (χ1v) is 9.31. The number of para-hydroxylation sites is 1. The van der Waals surface area contributed by atoms with Crippen LogP contribution >= 0.6 is 0 Å². The Morgan fingerprint density at radius 2 is 1.78 bits per heavy atom. The Kier molecular flexibility index (Phi) is 6.81. The van der Waals surface area contributed by atoms with Crippen molar-refractivity contribution in [1.29, 1.82) is 0 Å². The minimum Gasteiger partial charge on any atom is -0.492 e. The van der Waals surface area contributed by atoms with E-state index in [1.807, 2.05) is 74.8 Å². The third kappa shape index (κ3) is 5.79. The standard InChI is InChI=1S/C21H28N4O2/c1-25(2)14-20(16-9-5-3-6-10-16)22-21(26)19-13-17(23-24-19)15-27-18-11-7-4-8-12-18/h3-12,17,19-20,23-24H,13-15H2,1-2H3,(H,22,26). The van der Waals surface area contributed by atoms with Crippen molar-refractivity contribution >= 4 is 5.91 Å². The third-order valence-corrected chi connectivity index (χ3v) is 4.56. The first-order chi connectivity index (χ1) is 13.1. The summed E-state index contributed by atoms with van der Waals surface area (Å²) >= 11 is 0. The van der Waals surface area contributed by atoms with E-state index in [2.05, 4.69) is 21.1 Å². The molecule has 3 N–H and O–H groups in total. The number of ether oxygens (including phenoxy) is 1. The number of amides is 1. The van der Waals surface area contributed by atoms with Gasteiger partial charge < -0.3 is 15.0 Å². The topological polar surface area (TPSA) is 65.6 Å². The molecule has 1 amide bonds. The number of hydrogen-bond acceptors (Lipinski definition) is 5. The van der Waals surface area contributed by atoms with E-state index >= 15 is 0 Å². The highest BCUT2D eigenvalue weighted by molar-refractivity contribution is 5.82. The van der Waals surface area contributed by atoms with E-state index in [1.54, 1.807) is 0 Å². The Morgan fingerprint density at radius 1 is 1.11 bits per heavy atom. The van der Waals surface area contributed by atoms with Crippen molar-refractivity contribution in [2.24, 2.45) is 0 Å². The van der Waals surface area contributed by atoms with Crippen molar-refractivity contribution in [2.75, 3.05) is 27.2 Å². The van der Waals surface area contributed by atoms with Gasteiger partial charge in [-0.3, -0.25) is 10.2 Å². The molecule has 3 rings (SSSR count). The van der Waals surface area contributed by atoms with E-state index in [-0.39, 0.29) is 24.0 Å². The Balaban J connectivity index is 1.52. The Bertz CT molecular complexity index is 709. The second kappa shape index (κ2) is 9.50. The number of nitrogens with one attached hydrogen (secondary N) is 3. The highest BCUT2D eigenvalue weighted by atomic mass is 16.5. The molecule has 0 saturated carbocycles. The van der Waals surface area contributed by atoms with Gasteiger partial charge in [0.2, 0.25) is 5.91 Å². The average Bonchev–Trinajstić information content (AvgIpc) is 3.16. The molecule has 1 aliphatic rings. The van der Waals surface area contributed by atoms with E-state index in [9.17, 15) is 4.79 Å². The van der Waals surface area contributed by atoms with Crippen molar-refractivity contribution in [1.82, 2.24) is 21.1 Å². The Morgan fingerprint density at radius 3 is 2.44 bits per heavy atom. The van der Waals surface area contributed by atoms with Gasteiger partial charge in [-0.2, -0.15) is 0 Å². The number of hydrogen-bond donors (Lipinski definition) is 3. The Hall–Kier alpha value is -2.41.